The molecule has 3 rings (SSSR count). The average Bonchev–Trinajstić information content (AvgIpc) is 2.75. The summed E-state index contributed by atoms with van der Waals surface area (Å²) in [4.78, 5) is 0. The lowest BCUT2D eigenvalue weighted by Crippen LogP contribution is -2.25. The molecule has 1 saturated carbocycles. The molecule has 104 valence electrons. The predicted molar refractivity (Wildman–Crippen MR) is 72.9 cm³/mol. The second kappa shape index (κ2) is 5.14. The molecule has 19 heavy (non-hydrogen) atoms. The van der Waals surface area contributed by atoms with Crippen molar-refractivity contribution in [2.45, 2.75) is 38.9 Å². The van der Waals surface area contributed by atoms with E-state index >= 15 is 0 Å². The van der Waals surface area contributed by atoms with Gasteiger partial charge >= 0.3 is 0 Å². The van der Waals surface area contributed by atoms with Gasteiger partial charge in [0.2, 0.25) is 0 Å². The predicted octanol–water partition coefficient (Wildman–Crippen LogP) is 2.14. The van der Waals surface area contributed by atoms with Crippen molar-refractivity contribution >= 4 is 0 Å². The Balaban J connectivity index is 1.83. The Hall–Kier alpha value is -1.06. The maximum Gasteiger partial charge on any atom is 0.186 e. The van der Waals surface area contributed by atoms with Crippen LogP contribution in [0.3, 0.4) is 0 Å². The van der Waals surface area contributed by atoms with Gasteiger partial charge in [0.25, 0.3) is 0 Å². The minimum atomic E-state index is -1.40. The highest BCUT2D eigenvalue weighted by Gasteiger charge is 2.37. The number of hydrogen-bond donors (Lipinski definition) is 2. The van der Waals surface area contributed by atoms with E-state index in [-0.39, 0.29) is 6.61 Å². The fraction of sp³-hybridized carbons (Fsp3) is 0.625. The van der Waals surface area contributed by atoms with Gasteiger partial charge in [0.05, 0.1) is 0 Å². The Bertz CT molecular complexity index is 455. The fourth-order valence-corrected chi connectivity index (χ4v) is 3.84. The summed E-state index contributed by atoms with van der Waals surface area (Å²) in [5.74, 6) is 3.28. The molecule has 0 radical (unpaired) electrons. The second-order valence-electron chi connectivity index (χ2n) is 6.07. The molecule has 0 aromatic heterocycles. The van der Waals surface area contributed by atoms with Gasteiger partial charge in [-0.1, -0.05) is 25.5 Å². The second-order valence-corrected chi connectivity index (χ2v) is 6.07. The first-order valence-corrected chi connectivity index (χ1v) is 7.25. The van der Waals surface area contributed by atoms with Crippen LogP contribution in [0, 0.1) is 17.8 Å². The van der Waals surface area contributed by atoms with E-state index in [2.05, 4.69) is 13.0 Å². The number of hydrogen-bond acceptors (Lipinski definition) is 3. The summed E-state index contributed by atoms with van der Waals surface area (Å²) in [6, 6.07) is 6.15. The third kappa shape index (κ3) is 2.49. The molecule has 2 aliphatic carbocycles. The van der Waals surface area contributed by atoms with Crippen LogP contribution in [0.5, 0.6) is 5.75 Å². The maximum atomic E-state index is 8.93. The molecule has 0 spiro atoms. The molecule has 0 heterocycles. The van der Waals surface area contributed by atoms with Crippen LogP contribution in [0.25, 0.3) is 0 Å². The van der Waals surface area contributed by atoms with Crippen molar-refractivity contribution in [1.29, 1.82) is 0 Å². The van der Waals surface area contributed by atoms with Crippen molar-refractivity contribution in [3.63, 3.8) is 0 Å². The summed E-state index contributed by atoms with van der Waals surface area (Å²) in [6.07, 6.45) is 3.50. The first-order valence-electron chi connectivity index (χ1n) is 7.25. The zero-order chi connectivity index (χ0) is 13.4. The Morgan fingerprint density at radius 2 is 2.11 bits per heavy atom. The van der Waals surface area contributed by atoms with Gasteiger partial charge in [-0.05, 0) is 54.2 Å². The average molecular weight is 262 g/mol. The zero-order valence-corrected chi connectivity index (χ0v) is 11.4. The van der Waals surface area contributed by atoms with E-state index in [9.17, 15) is 0 Å². The smallest absolute Gasteiger partial charge is 0.186 e. The summed E-state index contributed by atoms with van der Waals surface area (Å²) >= 11 is 0. The van der Waals surface area contributed by atoms with E-state index in [0.29, 0.717) is 0 Å². The molecule has 0 saturated heterocycles. The highest BCUT2D eigenvalue weighted by Crippen LogP contribution is 2.46. The van der Waals surface area contributed by atoms with Crippen molar-refractivity contribution in [3.8, 4) is 5.75 Å². The van der Waals surface area contributed by atoms with Crippen LogP contribution in [-0.4, -0.2) is 23.1 Å². The zero-order valence-electron chi connectivity index (χ0n) is 11.4. The number of fused-ring (bicyclic) bond motifs is 2. The van der Waals surface area contributed by atoms with Crippen LogP contribution in [0.4, 0.5) is 0 Å². The molecule has 1 aromatic rings. The Morgan fingerprint density at radius 3 is 2.89 bits per heavy atom. The molecule has 0 aliphatic heterocycles. The van der Waals surface area contributed by atoms with Gasteiger partial charge in [0.1, 0.15) is 12.4 Å². The summed E-state index contributed by atoms with van der Waals surface area (Å²) in [6.45, 7) is 2.32. The lowest BCUT2D eigenvalue weighted by atomic mass is 9.75. The molecule has 3 heteroatoms. The molecule has 3 nitrogen and oxygen atoms in total. The Kier molecular flexibility index (Phi) is 3.50. The lowest BCUT2D eigenvalue weighted by molar-refractivity contribution is -0.0682. The SMILES string of the molecule is CC1CCC2Cc3c(cccc3OCC(O)O)CC12. The summed E-state index contributed by atoms with van der Waals surface area (Å²) in [7, 11) is 0. The highest BCUT2D eigenvalue weighted by atomic mass is 16.5. The third-order valence-electron chi connectivity index (χ3n) is 4.87. The van der Waals surface area contributed by atoms with Crippen molar-refractivity contribution in [1.82, 2.24) is 0 Å². The Morgan fingerprint density at radius 1 is 1.26 bits per heavy atom. The number of benzene rings is 1. The monoisotopic (exact) mass is 262 g/mol. The van der Waals surface area contributed by atoms with Gasteiger partial charge in [0, 0.05) is 0 Å². The third-order valence-corrected chi connectivity index (χ3v) is 4.87. The maximum absolute atomic E-state index is 8.93. The number of rotatable bonds is 3. The first-order chi connectivity index (χ1) is 9.15. The molecular formula is C16H22O3. The first kappa shape index (κ1) is 12.9. The quantitative estimate of drug-likeness (QED) is 0.821. The lowest BCUT2D eigenvalue weighted by Gasteiger charge is -2.31. The van der Waals surface area contributed by atoms with Gasteiger partial charge in [-0.3, -0.25) is 0 Å². The van der Waals surface area contributed by atoms with Crippen molar-refractivity contribution < 1.29 is 14.9 Å². The van der Waals surface area contributed by atoms with Crippen LogP contribution in [0.2, 0.25) is 0 Å². The molecule has 2 aliphatic rings. The van der Waals surface area contributed by atoms with E-state index in [1.165, 1.54) is 24.0 Å². The van der Waals surface area contributed by atoms with Crippen LogP contribution in [0.1, 0.15) is 30.9 Å². The molecule has 2 N–H and O–H groups in total. The summed E-state index contributed by atoms with van der Waals surface area (Å²) < 4.78 is 5.54. The van der Waals surface area contributed by atoms with Crippen LogP contribution >= 0.6 is 0 Å². The van der Waals surface area contributed by atoms with E-state index in [4.69, 9.17) is 14.9 Å². The van der Waals surface area contributed by atoms with Crippen molar-refractivity contribution in [3.05, 3.63) is 29.3 Å². The van der Waals surface area contributed by atoms with E-state index in [1.807, 2.05) is 12.1 Å². The standard InChI is InChI=1S/C16H22O3/c1-10-5-6-12-8-14-11(7-13(10)12)3-2-4-15(14)19-9-16(17)18/h2-4,10,12-13,16-18H,5-9H2,1H3. The topological polar surface area (TPSA) is 49.7 Å². The van der Waals surface area contributed by atoms with Crippen LogP contribution in [0.15, 0.2) is 18.2 Å². The van der Waals surface area contributed by atoms with Crippen LogP contribution < -0.4 is 4.74 Å². The minimum absolute atomic E-state index is 0.0546. The highest BCUT2D eigenvalue weighted by molar-refractivity contribution is 5.42. The van der Waals surface area contributed by atoms with E-state index in [1.54, 1.807) is 0 Å². The summed E-state index contributed by atoms with van der Waals surface area (Å²) in [5, 5.41) is 17.9. The minimum Gasteiger partial charge on any atom is -0.488 e. The van der Waals surface area contributed by atoms with Crippen molar-refractivity contribution in [2.75, 3.05) is 6.61 Å². The molecule has 3 unspecified atom stereocenters. The van der Waals surface area contributed by atoms with E-state index in [0.717, 1.165) is 36.3 Å². The molecular weight excluding hydrogens is 240 g/mol. The molecule has 0 bridgehead atoms. The largest absolute Gasteiger partial charge is 0.488 e. The number of aliphatic hydroxyl groups is 2. The van der Waals surface area contributed by atoms with Gasteiger partial charge in [0.15, 0.2) is 6.29 Å². The van der Waals surface area contributed by atoms with Crippen molar-refractivity contribution in [2.24, 2.45) is 17.8 Å². The molecule has 3 atom stereocenters. The van der Waals surface area contributed by atoms with Gasteiger partial charge in [-0.2, -0.15) is 0 Å². The molecule has 1 fully saturated rings. The Labute approximate surface area is 114 Å². The van der Waals surface area contributed by atoms with Crippen LogP contribution in [-0.2, 0) is 12.8 Å². The normalized spacial score (nSPS) is 29.2. The van der Waals surface area contributed by atoms with Gasteiger partial charge in [-0.25, -0.2) is 0 Å². The van der Waals surface area contributed by atoms with Gasteiger partial charge < -0.3 is 14.9 Å². The molecule has 1 aromatic carbocycles. The molecule has 0 amide bonds. The fourth-order valence-electron chi connectivity index (χ4n) is 3.84. The summed E-state index contributed by atoms with van der Waals surface area (Å²) in [5.41, 5.74) is 2.68. The number of aliphatic hydroxyl groups excluding tert-OH is 1. The number of ether oxygens (including phenoxy) is 1. The van der Waals surface area contributed by atoms with E-state index < -0.39 is 6.29 Å². The van der Waals surface area contributed by atoms with Gasteiger partial charge in [-0.15, -0.1) is 0 Å².